The number of hydrogen-bond donors (Lipinski definition) is 1. The lowest BCUT2D eigenvalue weighted by molar-refractivity contribution is 0.0916. The number of amides is 1. The number of furan rings is 1. The van der Waals surface area contributed by atoms with Gasteiger partial charge in [0.15, 0.2) is 5.76 Å². The van der Waals surface area contributed by atoms with Gasteiger partial charge in [0, 0.05) is 18.0 Å². The lowest BCUT2D eigenvalue weighted by atomic mass is 10.1. The first-order valence-electron chi connectivity index (χ1n) is 8.10. The van der Waals surface area contributed by atoms with Crippen LogP contribution in [-0.4, -0.2) is 37.5 Å². The van der Waals surface area contributed by atoms with Crippen molar-refractivity contribution >= 4 is 16.9 Å². The largest absolute Gasteiger partial charge is 0.451 e. The molecule has 0 fully saturated rings. The molecule has 4 nitrogen and oxygen atoms in total. The molecule has 4 heteroatoms. The molecule has 0 spiro atoms. The molecule has 1 heterocycles. The highest BCUT2D eigenvalue weighted by Crippen LogP contribution is 2.18. The van der Waals surface area contributed by atoms with E-state index in [0.717, 1.165) is 17.4 Å². The van der Waals surface area contributed by atoms with Crippen LogP contribution < -0.4 is 5.32 Å². The van der Waals surface area contributed by atoms with Crippen molar-refractivity contribution in [2.45, 2.75) is 12.5 Å². The van der Waals surface area contributed by atoms with Crippen LogP contribution in [0.4, 0.5) is 0 Å². The van der Waals surface area contributed by atoms with Crippen molar-refractivity contribution in [3.05, 3.63) is 72.0 Å². The summed E-state index contributed by atoms with van der Waals surface area (Å²) in [5.41, 5.74) is 1.99. The van der Waals surface area contributed by atoms with Gasteiger partial charge in [-0.3, -0.25) is 4.79 Å². The molecule has 3 aromatic rings. The summed E-state index contributed by atoms with van der Waals surface area (Å²) in [4.78, 5) is 14.5. The summed E-state index contributed by atoms with van der Waals surface area (Å²) in [6, 6.07) is 19.9. The van der Waals surface area contributed by atoms with E-state index in [9.17, 15) is 4.79 Å². The molecule has 24 heavy (non-hydrogen) atoms. The highest BCUT2D eigenvalue weighted by Gasteiger charge is 2.16. The van der Waals surface area contributed by atoms with Gasteiger partial charge in [0.25, 0.3) is 5.91 Å². The van der Waals surface area contributed by atoms with E-state index in [1.165, 1.54) is 5.56 Å². The summed E-state index contributed by atoms with van der Waals surface area (Å²) in [7, 11) is 4.06. The van der Waals surface area contributed by atoms with Gasteiger partial charge in [0.05, 0.1) is 0 Å². The zero-order chi connectivity index (χ0) is 16.9. The average molecular weight is 322 g/mol. The summed E-state index contributed by atoms with van der Waals surface area (Å²) in [5.74, 6) is 0.180. The highest BCUT2D eigenvalue weighted by molar-refractivity contribution is 5.96. The maximum atomic E-state index is 12.4. The van der Waals surface area contributed by atoms with Crippen molar-refractivity contribution < 1.29 is 9.21 Å². The minimum absolute atomic E-state index is 0.175. The second kappa shape index (κ2) is 7.32. The summed E-state index contributed by atoms with van der Waals surface area (Å²) in [6.07, 6.45) is 0.883. The van der Waals surface area contributed by atoms with Crippen molar-refractivity contribution in [2.24, 2.45) is 0 Å². The number of carbonyl (C=O) groups excluding carboxylic acids is 1. The topological polar surface area (TPSA) is 45.5 Å². The van der Waals surface area contributed by atoms with E-state index in [4.69, 9.17) is 4.42 Å². The number of nitrogens with one attached hydrogen (secondary N) is 1. The van der Waals surface area contributed by atoms with E-state index < -0.39 is 0 Å². The summed E-state index contributed by atoms with van der Waals surface area (Å²) < 4.78 is 5.62. The molecule has 1 amide bonds. The maximum Gasteiger partial charge on any atom is 0.287 e. The van der Waals surface area contributed by atoms with E-state index in [1.807, 2.05) is 56.6 Å². The van der Waals surface area contributed by atoms with Gasteiger partial charge < -0.3 is 14.6 Å². The van der Waals surface area contributed by atoms with Crippen molar-refractivity contribution in [2.75, 3.05) is 20.6 Å². The molecule has 124 valence electrons. The number of nitrogens with zero attached hydrogens (tertiary/aromatic N) is 1. The lowest BCUT2D eigenvalue weighted by Crippen LogP contribution is -2.41. The Bertz CT molecular complexity index is 776. The number of fused-ring (bicyclic) bond motifs is 1. The van der Waals surface area contributed by atoms with Gasteiger partial charge in [-0.05, 0) is 38.2 Å². The van der Waals surface area contributed by atoms with Crippen molar-refractivity contribution in [3.63, 3.8) is 0 Å². The zero-order valence-electron chi connectivity index (χ0n) is 14.0. The Morgan fingerprint density at radius 2 is 1.79 bits per heavy atom. The molecule has 0 aliphatic rings. The van der Waals surface area contributed by atoms with Crippen LogP contribution in [0.1, 0.15) is 16.1 Å². The highest BCUT2D eigenvalue weighted by atomic mass is 16.3. The van der Waals surface area contributed by atoms with Crippen LogP contribution >= 0.6 is 0 Å². The molecule has 2 aromatic carbocycles. The van der Waals surface area contributed by atoms with E-state index in [-0.39, 0.29) is 11.9 Å². The Balaban J connectivity index is 1.64. The molecule has 0 bridgehead atoms. The van der Waals surface area contributed by atoms with E-state index in [1.54, 1.807) is 6.07 Å². The lowest BCUT2D eigenvalue weighted by Gasteiger charge is -2.24. The zero-order valence-corrected chi connectivity index (χ0v) is 14.0. The Morgan fingerprint density at radius 3 is 2.50 bits per heavy atom. The van der Waals surface area contributed by atoms with Crippen LogP contribution in [0.2, 0.25) is 0 Å². The Kier molecular flexibility index (Phi) is 4.96. The fraction of sp³-hybridized carbons (Fsp3) is 0.250. The normalized spacial score (nSPS) is 12.5. The molecule has 0 aliphatic carbocycles. The van der Waals surface area contributed by atoms with Gasteiger partial charge >= 0.3 is 0 Å². The Hall–Kier alpha value is -2.59. The quantitative estimate of drug-likeness (QED) is 0.757. The first kappa shape index (κ1) is 16.3. The molecule has 0 aliphatic heterocycles. The van der Waals surface area contributed by atoms with Crippen LogP contribution in [-0.2, 0) is 6.42 Å². The summed E-state index contributed by atoms with van der Waals surface area (Å²) in [6.45, 7) is 0.567. The Morgan fingerprint density at radius 1 is 1.08 bits per heavy atom. The molecule has 1 aromatic heterocycles. The van der Waals surface area contributed by atoms with Gasteiger partial charge in [-0.25, -0.2) is 0 Å². The van der Waals surface area contributed by atoms with Crippen LogP contribution in [0.5, 0.6) is 0 Å². The average Bonchev–Trinajstić information content (AvgIpc) is 3.03. The fourth-order valence-corrected chi connectivity index (χ4v) is 2.71. The number of likely N-dealkylation sites (N-methyl/N-ethyl adjacent to an activating group) is 1. The van der Waals surface area contributed by atoms with E-state index in [0.29, 0.717) is 12.3 Å². The van der Waals surface area contributed by atoms with Crippen molar-refractivity contribution in [1.82, 2.24) is 10.2 Å². The molecular formula is C20H22N2O2. The van der Waals surface area contributed by atoms with E-state index in [2.05, 4.69) is 22.3 Å². The summed E-state index contributed by atoms with van der Waals surface area (Å²) >= 11 is 0. The van der Waals surface area contributed by atoms with Gasteiger partial charge in [-0.1, -0.05) is 48.5 Å². The number of para-hydroxylation sites is 1. The van der Waals surface area contributed by atoms with Gasteiger partial charge in [0.1, 0.15) is 5.58 Å². The number of carbonyl (C=O) groups is 1. The number of rotatable bonds is 6. The molecule has 1 atom stereocenters. The first-order valence-corrected chi connectivity index (χ1v) is 8.10. The van der Waals surface area contributed by atoms with Gasteiger partial charge in [-0.2, -0.15) is 0 Å². The SMILES string of the molecule is CN(C)C(CNC(=O)c1cc2ccccc2o1)Cc1ccccc1. The first-order chi connectivity index (χ1) is 11.6. The molecule has 3 rings (SSSR count). The van der Waals surface area contributed by atoms with Crippen molar-refractivity contribution in [3.8, 4) is 0 Å². The van der Waals surface area contributed by atoms with Crippen LogP contribution in [0.3, 0.4) is 0 Å². The third-order valence-corrected chi connectivity index (χ3v) is 4.19. The second-order valence-corrected chi connectivity index (χ2v) is 6.17. The molecule has 0 saturated heterocycles. The third-order valence-electron chi connectivity index (χ3n) is 4.19. The van der Waals surface area contributed by atoms with Crippen LogP contribution in [0.15, 0.2) is 65.1 Å². The number of hydrogen-bond acceptors (Lipinski definition) is 3. The monoisotopic (exact) mass is 322 g/mol. The summed E-state index contributed by atoms with van der Waals surface area (Å²) in [5, 5.41) is 3.93. The van der Waals surface area contributed by atoms with Crippen LogP contribution in [0, 0.1) is 0 Å². The predicted octanol–water partition coefficient (Wildman–Crippen LogP) is 3.34. The molecular weight excluding hydrogens is 300 g/mol. The molecule has 0 radical (unpaired) electrons. The van der Waals surface area contributed by atoms with Crippen molar-refractivity contribution in [1.29, 1.82) is 0 Å². The maximum absolute atomic E-state index is 12.4. The Labute approximate surface area is 142 Å². The predicted molar refractivity (Wildman–Crippen MR) is 96.2 cm³/mol. The smallest absolute Gasteiger partial charge is 0.287 e. The number of benzene rings is 2. The standard InChI is InChI=1S/C20H22N2O2/c1-22(2)17(12-15-8-4-3-5-9-15)14-21-20(23)19-13-16-10-6-7-11-18(16)24-19/h3-11,13,17H,12,14H2,1-2H3,(H,21,23). The fourth-order valence-electron chi connectivity index (χ4n) is 2.71. The molecule has 1 N–H and O–H groups in total. The van der Waals surface area contributed by atoms with E-state index >= 15 is 0 Å². The second-order valence-electron chi connectivity index (χ2n) is 6.17. The molecule has 1 unspecified atom stereocenters. The third kappa shape index (κ3) is 3.84. The minimum Gasteiger partial charge on any atom is -0.451 e. The van der Waals surface area contributed by atoms with Gasteiger partial charge in [0.2, 0.25) is 0 Å². The van der Waals surface area contributed by atoms with Crippen LogP contribution in [0.25, 0.3) is 11.0 Å². The molecule has 0 saturated carbocycles. The minimum atomic E-state index is -0.175. The van der Waals surface area contributed by atoms with Gasteiger partial charge in [-0.15, -0.1) is 0 Å².